The molecule has 2 nitrogen and oxygen atoms in total. The number of nitrogens with two attached hydrogens (primary N) is 1. The van der Waals surface area contributed by atoms with Crippen molar-refractivity contribution in [3.8, 4) is 0 Å². The Morgan fingerprint density at radius 2 is 1.63 bits per heavy atom. The Balaban J connectivity index is 1.93. The van der Waals surface area contributed by atoms with Gasteiger partial charge in [-0.3, -0.25) is 4.90 Å². The topological polar surface area (TPSA) is 29.3 Å². The van der Waals surface area contributed by atoms with Crippen molar-refractivity contribution in [2.75, 3.05) is 19.6 Å². The summed E-state index contributed by atoms with van der Waals surface area (Å²) in [4.78, 5) is 2.75. The second-order valence-electron chi connectivity index (χ2n) is 7.53. The molecule has 2 heteroatoms. The third kappa shape index (κ3) is 2.71. The highest BCUT2D eigenvalue weighted by atomic mass is 15.2. The van der Waals surface area contributed by atoms with E-state index < -0.39 is 0 Å². The molecule has 2 aliphatic rings. The zero-order valence-electron chi connectivity index (χ0n) is 13.5. The summed E-state index contributed by atoms with van der Waals surface area (Å²) in [5.41, 5.74) is 7.15. The summed E-state index contributed by atoms with van der Waals surface area (Å²) in [6.45, 7) is 12.9. The standard InChI is InChI=1S/C17H34N2/c1-5-16(6-2)7-9-19(10-8-16)17(13-18)11-15(12-17)14(3)4/h14-15H,5-13,18H2,1-4H3. The second-order valence-corrected chi connectivity index (χ2v) is 7.53. The highest BCUT2D eigenvalue weighted by molar-refractivity contribution is 5.05. The molecule has 0 atom stereocenters. The first-order valence-electron chi connectivity index (χ1n) is 8.46. The first kappa shape index (κ1) is 15.3. The Morgan fingerprint density at radius 3 is 2.00 bits per heavy atom. The largest absolute Gasteiger partial charge is 0.329 e. The predicted octanol–water partition coefficient (Wildman–Crippen LogP) is 3.65. The van der Waals surface area contributed by atoms with Gasteiger partial charge in [-0.05, 0) is 56.0 Å². The van der Waals surface area contributed by atoms with E-state index >= 15 is 0 Å². The lowest BCUT2D eigenvalue weighted by atomic mass is 9.62. The Kier molecular flexibility index (Phi) is 4.62. The molecule has 2 fully saturated rings. The van der Waals surface area contributed by atoms with Crippen LogP contribution in [0.1, 0.15) is 66.2 Å². The van der Waals surface area contributed by atoms with Crippen LogP contribution in [0, 0.1) is 17.3 Å². The molecule has 2 rings (SSSR count). The molecule has 0 radical (unpaired) electrons. The van der Waals surface area contributed by atoms with Gasteiger partial charge in [-0.1, -0.05) is 40.5 Å². The van der Waals surface area contributed by atoms with Crippen LogP contribution in [0.2, 0.25) is 0 Å². The van der Waals surface area contributed by atoms with Gasteiger partial charge in [0.05, 0.1) is 0 Å². The van der Waals surface area contributed by atoms with E-state index in [9.17, 15) is 0 Å². The van der Waals surface area contributed by atoms with Crippen molar-refractivity contribution in [1.29, 1.82) is 0 Å². The molecule has 1 saturated carbocycles. The van der Waals surface area contributed by atoms with E-state index in [1.807, 2.05) is 0 Å². The van der Waals surface area contributed by atoms with Gasteiger partial charge < -0.3 is 5.73 Å². The molecule has 1 aliphatic carbocycles. The maximum Gasteiger partial charge on any atom is 0.0337 e. The first-order chi connectivity index (χ1) is 9.01. The molecular weight excluding hydrogens is 232 g/mol. The molecule has 1 heterocycles. The summed E-state index contributed by atoms with van der Waals surface area (Å²) in [7, 11) is 0. The Morgan fingerprint density at radius 1 is 1.11 bits per heavy atom. The average Bonchev–Trinajstić information content (AvgIpc) is 2.39. The van der Waals surface area contributed by atoms with Crippen molar-refractivity contribution in [2.45, 2.75) is 71.8 Å². The van der Waals surface area contributed by atoms with Gasteiger partial charge in [-0.15, -0.1) is 0 Å². The number of hydrogen-bond donors (Lipinski definition) is 1. The first-order valence-corrected chi connectivity index (χ1v) is 8.46. The molecule has 0 spiro atoms. The summed E-state index contributed by atoms with van der Waals surface area (Å²) in [5, 5.41) is 0. The minimum atomic E-state index is 0.364. The van der Waals surface area contributed by atoms with Gasteiger partial charge in [0, 0.05) is 12.1 Å². The minimum absolute atomic E-state index is 0.364. The maximum atomic E-state index is 6.15. The van der Waals surface area contributed by atoms with Crippen LogP contribution < -0.4 is 5.73 Å². The molecular formula is C17H34N2. The SMILES string of the molecule is CCC1(CC)CCN(C2(CN)CC(C(C)C)C2)CC1. The van der Waals surface area contributed by atoms with Crippen LogP contribution in [0.5, 0.6) is 0 Å². The van der Waals surface area contributed by atoms with Crippen molar-refractivity contribution in [3.63, 3.8) is 0 Å². The molecule has 0 unspecified atom stereocenters. The van der Waals surface area contributed by atoms with Crippen LogP contribution in [-0.2, 0) is 0 Å². The van der Waals surface area contributed by atoms with Crippen LogP contribution in [-0.4, -0.2) is 30.1 Å². The smallest absolute Gasteiger partial charge is 0.0337 e. The third-order valence-electron chi connectivity index (χ3n) is 6.60. The molecule has 0 aromatic heterocycles. The summed E-state index contributed by atoms with van der Waals surface area (Å²) in [5.74, 6) is 1.74. The quantitative estimate of drug-likeness (QED) is 0.823. The number of rotatable bonds is 5. The predicted molar refractivity (Wildman–Crippen MR) is 83.2 cm³/mol. The number of likely N-dealkylation sites (tertiary alicyclic amines) is 1. The van der Waals surface area contributed by atoms with E-state index in [2.05, 4.69) is 32.6 Å². The number of piperidine rings is 1. The Bertz CT molecular complexity index is 278. The van der Waals surface area contributed by atoms with Gasteiger partial charge in [-0.25, -0.2) is 0 Å². The zero-order chi connectivity index (χ0) is 14.1. The monoisotopic (exact) mass is 266 g/mol. The van der Waals surface area contributed by atoms with Crippen LogP contribution in [0.3, 0.4) is 0 Å². The molecule has 1 aliphatic heterocycles. The third-order valence-corrected chi connectivity index (χ3v) is 6.60. The van der Waals surface area contributed by atoms with Crippen molar-refractivity contribution in [2.24, 2.45) is 23.0 Å². The van der Waals surface area contributed by atoms with Crippen molar-refractivity contribution < 1.29 is 0 Å². The minimum Gasteiger partial charge on any atom is -0.329 e. The normalized spacial score (nSPS) is 35.4. The van der Waals surface area contributed by atoms with Gasteiger partial charge in [0.1, 0.15) is 0 Å². The van der Waals surface area contributed by atoms with E-state index in [1.54, 1.807) is 0 Å². The van der Waals surface area contributed by atoms with Gasteiger partial charge >= 0.3 is 0 Å². The van der Waals surface area contributed by atoms with Crippen LogP contribution in [0.25, 0.3) is 0 Å². The molecule has 2 N–H and O–H groups in total. The molecule has 0 bridgehead atoms. The van der Waals surface area contributed by atoms with Gasteiger partial charge in [0.25, 0.3) is 0 Å². The van der Waals surface area contributed by atoms with E-state index in [4.69, 9.17) is 5.73 Å². The Hall–Kier alpha value is -0.0800. The van der Waals surface area contributed by atoms with Gasteiger partial charge in [0.2, 0.25) is 0 Å². The number of nitrogens with zero attached hydrogens (tertiary/aromatic N) is 1. The van der Waals surface area contributed by atoms with Gasteiger partial charge in [0.15, 0.2) is 0 Å². The highest BCUT2D eigenvalue weighted by Gasteiger charge is 2.49. The van der Waals surface area contributed by atoms with E-state index in [0.29, 0.717) is 11.0 Å². The fraction of sp³-hybridized carbons (Fsp3) is 1.00. The summed E-state index contributed by atoms with van der Waals surface area (Å²) in [6, 6.07) is 0. The second kappa shape index (κ2) is 5.73. The maximum absolute atomic E-state index is 6.15. The molecule has 19 heavy (non-hydrogen) atoms. The molecule has 0 aromatic carbocycles. The van der Waals surface area contributed by atoms with Gasteiger partial charge in [-0.2, -0.15) is 0 Å². The lowest BCUT2D eigenvalue weighted by molar-refractivity contribution is -0.0658. The molecule has 1 saturated heterocycles. The molecule has 0 amide bonds. The van der Waals surface area contributed by atoms with Crippen molar-refractivity contribution in [3.05, 3.63) is 0 Å². The number of hydrogen-bond acceptors (Lipinski definition) is 2. The molecule has 0 aromatic rings. The summed E-state index contributed by atoms with van der Waals surface area (Å²) >= 11 is 0. The van der Waals surface area contributed by atoms with Crippen molar-refractivity contribution in [1.82, 2.24) is 4.90 Å². The van der Waals surface area contributed by atoms with Crippen molar-refractivity contribution >= 4 is 0 Å². The average molecular weight is 266 g/mol. The van der Waals surface area contributed by atoms with Crippen LogP contribution in [0.15, 0.2) is 0 Å². The summed E-state index contributed by atoms with van der Waals surface area (Å²) in [6.07, 6.45) is 8.14. The van der Waals surface area contributed by atoms with E-state index in [1.165, 1.54) is 51.6 Å². The van der Waals surface area contributed by atoms with Crippen LogP contribution in [0.4, 0.5) is 0 Å². The lowest BCUT2D eigenvalue weighted by Crippen LogP contribution is -2.64. The highest BCUT2D eigenvalue weighted by Crippen LogP contribution is 2.48. The fourth-order valence-electron chi connectivity index (χ4n) is 4.35. The van der Waals surface area contributed by atoms with Crippen LogP contribution >= 0.6 is 0 Å². The zero-order valence-corrected chi connectivity index (χ0v) is 13.5. The van der Waals surface area contributed by atoms with E-state index in [0.717, 1.165) is 18.4 Å². The molecule has 112 valence electrons. The lowest BCUT2D eigenvalue weighted by Gasteiger charge is -2.58. The Labute approximate surface area is 120 Å². The fourth-order valence-corrected chi connectivity index (χ4v) is 4.35. The summed E-state index contributed by atoms with van der Waals surface area (Å²) < 4.78 is 0. The van der Waals surface area contributed by atoms with E-state index in [-0.39, 0.29) is 0 Å².